The highest BCUT2D eigenvalue weighted by Gasteiger charge is 2.26. The van der Waals surface area contributed by atoms with E-state index in [0.29, 0.717) is 34.4 Å². The SMILES string of the molecule is O=C(NCc1ccc(S(=O)(=O)N2CCCCCC2)s1)c1ccc(Cl)cc1. The third-order valence-electron chi connectivity index (χ3n) is 4.33. The quantitative estimate of drug-likeness (QED) is 0.809. The van der Waals surface area contributed by atoms with Crippen molar-refractivity contribution in [3.8, 4) is 0 Å². The molecule has 1 aliphatic heterocycles. The zero-order valence-electron chi connectivity index (χ0n) is 14.3. The Morgan fingerprint density at radius 3 is 2.35 bits per heavy atom. The number of nitrogens with zero attached hydrogens (tertiary/aromatic N) is 1. The van der Waals surface area contributed by atoms with Gasteiger partial charge in [0.2, 0.25) is 0 Å². The molecule has 0 spiro atoms. The number of carbonyl (C=O) groups is 1. The average molecular weight is 413 g/mol. The number of carbonyl (C=O) groups excluding carboxylic acids is 1. The molecule has 5 nitrogen and oxygen atoms in total. The second-order valence-electron chi connectivity index (χ2n) is 6.23. The number of hydrogen-bond donors (Lipinski definition) is 1. The van der Waals surface area contributed by atoms with Crippen molar-refractivity contribution in [2.75, 3.05) is 13.1 Å². The Hall–Kier alpha value is -1.41. The predicted molar refractivity (Wildman–Crippen MR) is 104 cm³/mol. The Morgan fingerprint density at radius 1 is 1.04 bits per heavy atom. The van der Waals surface area contributed by atoms with Crippen molar-refractivity contribution in [2.45, 2.75) is 36.4 Å². The zero-order valence-corrected chi connectivity index (χ0v) is 16.7. The molecule has 1 amide bonds. The Balaban J connectivity index is 1.63. The predicted octanol–water partition coefficient (Wildman–Crippen LogP) is 3.90. The van der Waals surface area contributed by atoms with Crippen LogP contribution in [0, 0.1) is 0 Å². The maximum absolute atomic E-state index is 12.8. The minimum atomic E-state index is -3.44. The van der Waals surface area contributed by atoms with Gasteiger partial charge >= 0.3 is 0 Å². The van der Waals surface area contributed by atoms with Gasteiger partial charge < -0.3 is 5.32 Å². The zero-order chi connectivity index (χ0) is 18.6. The fraction of sp³-hybridized carbons (Fsp3) is 0.389. The summed E-state index contributed by atoms with van der Waals surface area (Å²) in [6, 6.07) is 10.0. The van der Waals surface area contributed by atoms with E-state index in [2.05, 4.69) is 5.32 Å². The first-order valence-electron chi connectivity index (χ1n) is 8.59. The first kappa shape index (κ1) is 19.4. The van der Waals surface area contributed by atoms with E-state index < -0.39 is 10.0 Å². The number of sulfonamides is 1. The van der Waals surface area contributed by atoms with Gasteiger partial charge in [-0.15, -0.1) is 11.3 Å². The van der Waals surface area contributed by atoms with E-state index in [1.54, 1.807) is 40.7 Å². The van der Waals surface area contributed by atoms with Crippen LogP contribution in [-0.2, 0) is 16.6 Å². The number of nitrogens with one attached hydrogen (secondary N) is 1. The first-order chi connectivity index (χ1) is 12.5. The van der Waals surface area contributed by atoms with Crippen LogP contribution in [0.25, 0.3) is 0 Å². The van der Waals surface area contributed by atoms with Gasteiger partial charge in [-0.3, -0.25) is 4.79 Å². The minimum Gasteiger partial charge on any atom is -0.347 e. The molecule has 140 valence electrons. The van der Waals surface area contributed by atoms with Crippen LogP contribution in [0.4, 0.5) is 0 Å². The van der Waals surface area contributed by atoms with Gasteiger partial charge in [0, 0.05) is 28.6 Å². The van der Waals surface area contributed by atoms with Crippen molar-refractivity contribution in [1.29, 1.82) is 0 Å². The first-order valence-corrected chi connectivity index (χ1v) is 11.2. The Labute approximate surface area is 163 Å². The van der Waals surface area contributed by atoms with Gasteiger partial charge in [0.05, 0.1) is 6.54 Å². The van der Waals surface area contributed by atoms with Gasteiger partial charge in [0.25, 0.3) is 15.9 Å². The molecular formula is C18H21ClN2O3S2. The Morgan fingerprint density at radius 2 is 1.69 bits per heavy atom. The van der Waals surface area contributed by atoms with E-state index in [0.717, 1.165) is 30.6 Å². The van der Waals surface area contributed by atoms with Gasteiger partial charge in [0.1, 0.15) is 4.21 Å². The van der Waals surface area contributed by atoms with E-state index in [-0.39, 0.29) is 5.91 Å². The molecule has 1 aromatic heterocycles. The number of halogens is 1. The van der Waals surface area contributed by atoms with Crippen LogP contribution in [0.2, 0.25) is 5.02 Å². The second-order valence-corrected chi connectivity index (χ2v) is 10.00. The van der Waals surface area contributed by atoms with Crippen molar-refractivity contribution in [1.82, 2.24) is 9.62 Å². The second kappa shape index (κ2) is 8.52. The van der Waals surface area contributed by atoms with E-state index >= 15 is 0 Å². The van der Waals surface area contributed by atoms with Gasteiger partial charge in [-0.2, -0.15) is 4.31 Å². The molecule has 1 fully saturated rings. The summed E-state index contributed by atoms with van der Waals surface area (Å²) < 4.78 is 27.5. The molecule has 1 aromatic carbocycles. The van der Waals surface area contributed by atoms with E-state index in [4.69, 9.17) is 11.6 Å². The lowest BCUT2D eigenvalue weighted by molar-refractivity contribution is 0.0951. The number of benzene rings is 1. The van der Waals surface area contributed by atoms with Gasteiger partial charge in [-0.05, 0) is 49.2 Å². The third kappa shape index (κ3) is 4.65. The van der Waals surface area contributed by atoms with Crippen LogP contribution in [0.1, 0.15) is 40.9 Å². The van der Waals surface area contributed by atoms with Crippen molar-refractivity contribution < 1.29 is 13.2 Å². The fourth-order valence-electron chi connectivity index (χ4n) is 2.87. The summed E-state index contributed by atoms with van der Waals surface area (Å²) in [6.07, 6.45) is 3.99. The van der Waals surface area contributed by atoms with E-state index in [1.165, 1.54) is 11.3 Å². The molecule has 0 aliphatic carbocycles. The lowest BCUT2D eigenvalue weighted by Gasteiger charge is -2.18. The molecule has 1 aliphatic rings. The van der Waals surface area contributed by atoms with Crippen molar-refractivity contribution in [3.05, 3.63) is 51.9 Å². The highest BCUT2D eigenvalue weighted by atomic mass is 35.5. The Bertz CT molecular complexity index is 855. The van der Waals surface area contributed by atoms with Gasteiger partial charge in [0.15, 0.2) is 0 Å². The molecule has 0 atom stereocenters. The molecule has 8 heteroatoms. The third-order valence-corrected chi connectivity index (χ3v) is 8.03. The molecule has 1 saturated heterocycles. The molecule has 26 heavy (non-hydrogen) atoms. The lowest BCUT2D eigenvalue weighted by Crippen LogP contribution is -2.31. The van der Waals surface area contributed by atoms with Crippen LogP contribution in [0.5, 0.6) is 0 Å². The number of amides is 1. The minimum absolute atomic E-state index is 0.216. The molecule has 0 radical (unpaired) electrons. The average Bonchev–Trinajstić information content (AvgIpc) is 2.94. The number of hydrogen-bond acceptors (Lipinski definition) is 4. The largest absolute Gasteiger partial charge is 0.347 e. The summed E-state index contributed by atoms with van der Waals surface area (Å²) in [7, 11) is -3.44. The molecular weight excluding hydrogens is 392 g/mol. The lowest BCUT2D eigenvalue weighted by atomic mass is 10.2. The highest BCUT2D eigenvalue weighted by molar-refractivity contribution is 7.91. The summed E-state index contributed by atoms with van der Waals surface area (Å²) in [5.74, 6) is -0.216. The fourth-order valence-corrected chi connectivity index (χ4v) is 5.96. The van der Waals surface area contributed by atoms with Gasteiger partial charge in [-0.25, -0.2) is 8.42 Å². The van der Waals surface area contributed by atoms with Crippen LogP contribution in [0.3, 0.4) is 0 Å². The monoisotopic (exact) mass is 412 g/mol. The van der Waals surface area contributed by atoms with E-state index in [1.807, 2.05) is 0 Å². The molecule has 2 aromatic rings. The molecule has 3 rings (SSSR count). The summed E-state index contributed by atoms with van der Waals surface area (Å²) in [4.78, 5) is 12.9. The van der Waals surface area contributed by atoms with Crippen LogP contribution in [0.15, 0.2) is 40.6 Å². The van der Waals surface area contributed by atoms with Crippen LogP contribution < -0.4 is 5.32 Å². The van der Waals surface area contributed by atoms with Crippen molar-refractivity contribution >= 4 is 38.9 Å². The molecule has 2 heterocycles. The number of thiophene rings is 1. The van der Waals surface area contributed by atoms with Crippen molar-refractivity contribution in [2.24, 2.45) is 0 Å². The summed E-state index contributed by atoms with van der Waals surface area (Å²) in [6.45, 7) is 1.47. The van der Waals surface area contributed by atoms with Crippen LogP contribution >= 0.6 is 22.9 Å². The van der Waals surface area contributed by atoms with Gasteiger partial charge in [-0.1, -0.05) is 24.4 Å². The van der Waals surface area contributed by atoms with Crippen molar-refractivity contribution in [3.63, 3.8) is 0 Å². The molecule has 0 unspecified atom stereocenters. The molecule has 0 bridgehead atoms. The van der Waals surface area contributed by atoms with Crippen LogP contribution in [-0.4, -0.2) is 31.7 Å². The topological polar surface area (TPSA) is 66.5 Å². The van der Waals surface area contributed by atoms with E-state index in [9.17, 15) is 13.2 Å². The normalized spacial score (nSPS) is 16.2. The summed E-state index contributed by atoms with van der Waals surface area (Å²) in [5, 5.41) is 3.38. The molecule has 1 N–H and O–H groups in total. The number of rotatable bonds is 5. The Kier molecular flexibility index (Phi) is 6.34. The standard InChI is InChI=1S/C18H21ClN2O3S2/c19-15-7-5-14(6-8-15)18(22)20-13-16-9-10-17(25-16)26(23,24)21-11-3-1-2-4-12-21/h5-10H,1-4,11-13H2,(H,20,22). The maximum atomic E-state index is 12.8. The smallest absolute Gasteiger partial charge is 0.252 e. The molecule has 0 saturated carbocycles. The highest BCUT2D eigenvalue weighted by Crippen LogP contribution is 2.26. The summed E-state index contributed by atoms with van der Waals surface area (Å²) in [5.41, 5.74) is 0.517. The summed E-state index contributed by atoms with van der Waals surface area (Å²) >= 11 is 7.03. The maximum Gasteiger partial charge on any atom is 0.252 e.